The molecular weight excluding hydrogens is 793 g/mol. The molecule has 4 atom stereocenters. The van der Waals surface area contributed by atoms with Crippen molar-refractivity contribution in [3.05, 3.63) is 76.3 Å². The fraction of sp³-hybridized carbons (Fsp3) is 0.324. The number of aromatic amines is 1. The minimum atomic E-state index is -5.08. The van der Waals surface area contributed by atoms with Gasteiger partial charge in [0.25, 0.3) is 0 Å². The summed E-state index contributed by atoms with van der Waals surface area (Å²) in [7, 11) is 0. The van der Waals surface area contributed by atoms with Crippen molar-refractivity contribution in [2.24, 2.45) is 0 Å². The van der Waals surface area contributed by atoms with Crippen LogP contribution in [-0.4, -0.2) is 98.1 Å². The Morgan fingerprint density at radius 3 is 2.02 bits per heavy atom. The van der Waals surface area contributed by atoms with Crippen molar-refractivity contribution in [3.8, 4) is 0 Å². The predicted molar refractivity (Wildman–Crippen MR) is 200 cm³/mol. The number of benzene rings is 2. The van der Waals surface area contributed by atoms with Crippen molar-refractivity contribution in [3.63, 3.8) is 0 Å². The maximum atomic E-state index is 13.4. The lowest BCUT2D eigenvalue weighted by Crippen LogP contribution is -2.57. The van der Waals surface area contributed by atoms with E-state index in [4.69, 9.17) is 14.3 Å². The number of halogens is 3. The Labute approximate surface area is 330 Å². The van der Waals surface area contributed by atoms with Gasteiger partial charge in [0.05, 0.1) is 6.42 Å². The topological polar surface area (TPSA) is 303 Å². The van der Waals surface area contributed by atoms with Gasteiger partial charge in [-0.25, -0.2) is 9.59 Å². The molecule has 59 heavy (non-hydrogen) atoms. The Kier molecular flexibility index (Phi) is 15.8. The van der Waals surface area contributed by atoms with E-state index < -0.39 is 96.3 Å². The Bertz CT molecular complexity index is 2310. The molecule has 0 fully saturated rings. The van der Waals surface area contributed by atoms with Crippen molar-refractivity contribution in [2.75, 3.05) is 5.32 Å². The molecule has 4 aromatic rings. The van der Waals surface area contributed by atoms with E-state index in [1.165, 1.54) is 32.0 Å². The van der Waals surface area contributed by atoms with Crippen LogP contribution >= 0.6 is 0 Å². The van der Waals surface area contributed by atoms with Crippen LogP contribution in [0.3, 0.4) is 0 Å². The second-order valence-corrected chi connectivity index (χ2v) is 13.0. The van der Waals surface area contributed by atoms with Crippen LogP contribution in [0.15, 0.2) is 63.9 Å². The third kappa shape index (κ3) is 14.0. The number of aliphatic carboxylic acids is 3. The number of carbonyl (C=O) groups excluding carboxylic acids is 5. The maximum Gasteiger partial charge on any atom is 0.490 e. The molecule has 9 N–H and O–H groups in total. The van der Waals surface area contributed by atoms with Gasteiger partial charge in [-0.15, -0.1) is 0 Å². The first-order valence-corrected chi connectivity index (χ1v) is 17.4. The van der Waals surface area contributed by atoms with Crippen molar-refractivity contribution in [1.82, 2.24) is 26.3 Å². The van der Waals surface area contributed by atoms with Gasteiger partial charge in [0.2, 0.25) is 29.5 Å². The Hall–Kier alpha value is -7.26. The summed E-state index contributed by atoms with van der Waals surface area (Å²) in [5.41, 5.74) is 1.85. The number of alkyl halides is 3. The molecule has 0 saturated carbocycles. The summed E-state index contributed by atoms with van der Waals surface area (Å²) in [6.45, 7) is 4.15. The average molecular weight is 833 g/mol. The van der Waals surface area contributed by atoms with Crippen molar-refractivity contribution < 1.29 is 71.3 Å². The van der Waals surface area contributed by atoms with Gasteiger partial charge in [-0.05, 0) is 49.6 Å². The second kappa shape index (κ2) is 20.2. The highest BCUT2D eigenvalue weighted by Gasteiger charge is 2.38. The number of hydrogen-bond donors (Lipinski definition) is 9. The van der Waals surface area contributed by atoms with E-state index in [0.717, 1.165) is 10.9 Å². The molecule has 0 radical (unpaired) electrons. The lowest BCUT2D eigenvalue weighted by molar-refractivity contribution is -0.192. The van der Waals surface area contributed by atoms with Crippen LogP contribution in [0.1, 0.15) is 44.2 Å². The summed E-state index contributed by atoms with van der Waals surface area (Å²) < 4.78 is 36.9. The van der Waals surface area contributed by atoms with Gasteiger partial charge in [0, 0.05) is 60.1 Å². The van der Waals surface area contributed by atoms with Crippen LogP contribution in [0.25, 0.3) is 21.9 Å². The molecule has 19 nitrogen and oxygen atoms in total. The number of amides is 5. The first kappa shape index (κ1) is 46.1. The fourth-order valence-electron chi connectivity index (χ4n) is 5.48. The number of carboxylic acid groups (broad SMARTS) is 3. The van der Waals surface area contributed by atoms with Crippen molar-refractivity contribution >= 4 is 75.0 Å². The first-order chi connectivity index (χ1) is 27.5. The van der Waals surface area contributed by atoms with Crippen molar-refractivity contribution in [1.29, 1.82) is 0 Å². The molecule has 0 aliphatic rings. The Morgan fingerprint density at radius 1 is 0.780 bits per heavy atom. The van der Waals surface area contributed by atoms with E-state index in [-0.39, 0.29) is 24.1 Å². The van der Waals surface area contributed by atoms with E-state index >= 15 is 0 Å². The quantitative estimate of drug-likeness (QED) is 0.0728. The highest BCUT2D eigenvalue weighted by Crippen LogP contribution is 2.22. The minimum absolute atomic E-state index is 0.0296. The third-order valence-electron chi connectivity index (χ3n) is 8.30. The highest BCUT2D eigenvalue weighted by molar-refractivity contribution is 6.01. The third-order valence-corrected chi connectivity index (χ3v) is 8.30. The molecule has 2 aromatic carbocycles. The van der Waals surface area contributed by atoms with Gasteiger partial charge in [0.15, 0.2) is 0 Å². The number of hydrogen-bond acceptors (Lipinski definition) is 10. The minimum Gasteiger partial charge on any atom is -0.481 e. The van der Waals surface area contributed by atoms with Crippen LogP contribution in [-0.2, 0) is 44.8 Å². The lowest BCUT2D eigenvalue weighted by Gasteiger charge is -2.25. The molecule has 0 bridgehead atoms. The Morgan fingerprint density at radius 2 is 1.41 bits per heavy atom. The van der Waals surface area contributed by atoms with E-state index in [2.05, 4.69) is 31.6 Å². The van der Waals surface area contributed by atoms with E-state index in [1.807, 2.05) is 18.2 Å². The molecule has 0 spiro atoms. The molecule has 5 amide bonds. The zero-order chi connectivity index (χ0) is 44.2. The van der Waals surface area contributed by atoms with E-state index in [1.54, 1.807) is 25.3 Å². The molecular formula is C37H39F3N6O13. The average Bonchev–Trinajstić information content (AvgIpc) is 3.54. The molecule has 0 unspecified atom stereocenters. The van der Waals surface area contributed by atoms with Crippen LogP contribution in [0, 0.1) is 6.92 Å². The largest absolute Gasteiger partial charge is 0.490 e. The lowest BCUT2D eigenvalue weighted by atomic mass is 10.0. The Balaban J connectivity index is 0.00000122. The zero-order valence-corrected chi connectivity index (χ0v) is 31.4. The van der Waals surface area contributed by atoms with E-state index in [9.17, 15) is 61.7 Å². The number of anilines is 1. The van der Waals surface area contributed by atoms with Crippen LogP contribution < -0.4 is 32.2 Å². The second-order valence-electron chi connectivity index (χ2n) is 13.0. The van der Waals surface area contributed by atoms with Gasteiger partial charge >= 0.3 is 29.7 Å². The maximum absolute atomic E-state index is 13.4. The number of para-hydroxylation sites is 1. The number of aromatic nitrogens is 1. The number of aryl methyl sites for hydroxylation is 1. The smallest absolute Gasteiger partial charge is 0.481 e. The predicted octanol–water partition coefficient (Wildman–Crippen LogP) is 1.72. The fourth-order valence-corrected chi connectivity index (χ4v) is 5.48. The molecule has 2 heterocycles. The van der Waals surface area contributed by atoms with E-state index in [0.29, 0.717) is 16.5 Å². The van der Waals surface area contributed by atoms with Gasteiger partial charge in [-0.3, -0.25) is 33.6 Å². The van der Waals surface area contributed by atoms with Crippen LogP contribution in [0.4, 0.5) is 18.9 Å². The number of carbonyl (C=O) groups is 8. The number of nitrogens with one attached hydrogen (secondary N) is 6. The summed E-state index contributed by atoms with van der Waals surface area (Å²) in [5, 5.41) is 39.4. The number of H-pyrrole nitrogens is 1. The standard InChI is InChI=1S/C35H38N6O11.C2HF3O2/c1-17-12-31(47)52-28-14-21(8-9-22(17)28)39-34(50)27(15-30(45)46)41-32(48)18(2)37-33(49)25(10-11-29(43)44)40-35(51)26(38-19(3)42)13-20-16-36-24-7-5-4-6-23(20)24;3-2(4,5)1(6)7/h4-9,12,14,16,18,25-27,36H,10-11,13,15H2,1-3H3,(H,37,49)(H,38,42)(H,39,50)(H,40,51)(H,41,48)(H,43,44)(H,45,46);(H,6,7)/t18-,25-,26-,27-;/m0./s1. The number of rotatable bonds is 16. The highest BCUT2D eigenvalue weighted by atomic mass is 19.4. The molecule has 4 rings (SSSR count). The summed E-state index contributed by atoms with van der Waals surface area (Å²) in [6, 6.07) is 7.42. The molecule has 2 aromatic heterocycles. The van der Waals surface area contributed by atoms with Gasteiger partial charge < -0.3 is 51.3 Å². The number of carboxylic acids is 3. The summed E-state index contributed by atoms with van der Waals surface area (Å²) in [4.78, 5) is 112. The summed E-state index contributed by atoms with van der Waals surface area (Å²) >= 11 is 0. The molecule has 316 valence electrons. The van der Waals surface area contributed by atoms with Gasteiger partial charge in [0.1, 0.15) is 29.8 Å². The van der Waals surface area contributed by atoms with Gasteiger partial charge in [-0.1, -0.05) is 18.2 Å². The molecule has 0 aliphatic heterocycles. The molecule has 0 aliphatic carbocycles. The van der Waals surface area contributed by atoms with Crippen molar-refractivity contribution in [2.45, 2.75) is 76.8 Å². The SMILES string of the molecule is CC(=O)N[C@@H](Cc1c[nH]c2ccccc12)C(=O)N[C@@H](CCC(=O)O)C(=O)N[C@@H](C)C(=O)N[C@@H](CC(=O)O)C(=O)Nc1ccc2c(C)cc(=O)oc2c1.O=C(O)C(F)(F)F. The normalized spacial score (nSPS) is 13.1. The van der Waals surface area contributed by atoms with Gasteiger partial charge in [-0.2, -0.15) is 13.2 Å². The molecule has 22 heteroatoms. The monoisotopic (exact) mass is 832 g/mol. The zero-order valence-electron chi connectivity index (χ0n) is 31.4. The van der Waals surface area contributed by atoms with Crippen LogP contribution in [0.2, 0.25) is 0 Å². The van der Waals surface area contributed by atoms with Crippen LogP contribution in [0.5, 0.6) is 0 Å². The molecule has 0 saturated heterocycles. The number of fused-ring (bicyclic) bond motifs is 2. The summed E-state index contributed by atoms with van der Waals surface area (Å²) in [6.07, 6.45) is -5.12. The first-order valence-electron chi connectivity index (χ1n) is 17.4. The summed E-state index contributed by atoms with van der Waals surface area (Å²) in [5.74, 6) is -9.59.